The molecule has 1 aromatic rings. The Morgan fingerprint density at radius 1 is 1.26 bits per heavy atom. The highest BCUT2D eigenvalue weighted by Crippen LogP contribution is 2.01. The van der Waals surface area contributed by atoms with Gasteiger partial charge in [0.15, 0.2) is 0 Å². The Labute approximate surface area is 117 Å². The van der Waals surface area contributed by atoms with E-state index in [1.54, 1.807) is 6.33 Å². The lowest BCUT2D eigenvalue weighted by molar-refractivity contribution is 0.269. The summed E-state index contributed by atoms with van der Waals surface area (Å²) in [6, 6.07) is 0.462. The molecule has 1 N–H and O–H groups in total. The Morgan fingerprint density at radius 2 is 1.95 bits per heavy atom. The molecule has 0 aromatic carbocycles. The van der Waals surface area contributed by atoms with Gasteiger partial charge in [-0.05, 0) is 25.9 Å². The molecular weight excluding hydrogens is 238 g/mol. The van der Waals surface area contributed by atoms with E-state index in [0.29, 0.717) is 12.0 Å². The summed E-state index contributed by atoms with van der Waals surface area (Å²) in [6.45, 7) is 16.0. The summed E-state index contributed by atoms with van der Waals surface area (Å²) >= 11 is 0. The van der Waals surface area contributed by atoms with E-state index in [9.17, 15) is 0 Å². The maximum atomic E-state index is 4.34. The molecule has 1 rings (SSSR count). The van der Waals surface area contributed by atoms with Gasteiger partial charge >= 0.3 is 0 Å². The molecule has 0 fully saturated rings. The minimum Gasteiger partial charge on any atom is -0.306 e. The Kier molecular flexibility index (Phi) is 7.02. The van der Waals surface area contributed by atoms with Gasteiger partial charge in [-0.3, -0.25) is 0 Å². The van der Waals surface area contributed by atoms with Gasteiger partial charge in [0.1, 0.15) is 12.2 Å². The highest BCUT2D eigenvalue weighted by atomic mass is 15.3. The summed E-state index contributed by atoms with van der Waals surface area (Å²) in [4.78, 5) is 6.76. The van der Waals surface area contributed by atoms with Gasteiger partial charge in [0, 0.05) is 19.1 Å². The third-order valence-corrected chi connectivity index (χ3v) is 3.27. The summed E-state index contributed by atoms with van der Waals surface area (Å²) in [5.41, 5.74) is 0. The largest absolute Gasteiger partial charge is 0.306 e. The smallest absolute Gasteiger partial charge is 0.140 e. The minimum absolute atomic E-state index is 0.462. The van der Waals surface area contributed by atoms with Crippen LogP contribution in [0.15, 0.2) is 6.33 Å². The molecule has 1 heterocycles. The second-order valence-electron chi connectivity index (χ2n) is 5.52. The summed E-state index contributed by atoms with van der Waals surface area (Å²) in [7, 11) is 0. The maximum absolute atomic E-state index is 4.34. The van der Waals surface area contributed by atoms with Crippen molar-refractivity contribution in [3.8, 4) is 0 Å². The predicted octanol–water partition coefficient (Wildman–Crippen LogP) is 1.75. The van der Waals surface area contributed by atoms with Crippen molar-refractivity contribution in [2.75, 3.05) is 19.6 Å². The van der Waals surface area contributed by atoms with Crippen molar-refractivity contribution in [2.24, 2.45) is 5.92 Å². The number of aromatic nitrogens is 3. The maximum Gasteiger partial charge on any atom is 0.140 e. The number of hydrogen-bond acceptors (Lipinski definition) is 4. The highest BCUT2D eigenvalue weighted by Gasteiger charge is 2.10. The molecular formula is C14H29N5. The van der Waals surface area contributed by atoms with Gasteiger partial charge in [-0.25, -0.2) is 9.67 Å². The molecule has 0 aliphatic carbocycles. The van der Waals surface area contributed by atoms with Crippen molar-refractivity contribution in [2.45, 2.75) is 53.8 Å². The predicted molar refractivity (Wildman–Crippen MR) is 78.9 cm³/mol. The molecule has 0 aliphatic heterocycles. The number of nitrogens with one attached hydrogen (secondary N) is 1. The fraction of sp³-hybridized carbons (Fsp3) is 0.857. The molecule has 0 bridgehead atoms. The van der Waals surface area contributed by atoms with Crippen molar-refractivity contribution in [3.05, 3.63) is 12.2 Å². The molecule has 1 atom stereocenters. The number of nitrogens with zero attached hydrogens (tertiary/aromatic N) is 4. The number of hydrogen-bond donors (Lipinski definition) is 1. The van der Waals surface area contributed by atoms with Crippen LogP contribution in [-0.2, 0) is 13.1 Å². The minimum atomic E-state index is 0.462. The molecule has 1 unspecified atom stereocenters. The molecule has 0 saturated carbocycles. The Morgan fingerprint density at radius 3 is 2.53 bits per heavy atom. The highest BCUT2D eigenvalue weighted by molar-refractivity contribution is 4.85. The van der Waals surface area contributed by atoms with E-state index in [1.165, 1.54) is 0 Å². The SMILES string of the molecule is CCN(CC)CC(C)NCc1ncnn1CC(C)C. The Hall–Kier alpha value is -0.940. The molecule has 0 amide bonds. The first-order valence-corrected chi connectivity index (χ1v) is 7.39. The standard InChI is InChI=1S/C14H29N5/c1-6-18(7-2)10-13(5)15-8-14-16-11-17-19(14)9-12(3)4/h11-13,15H,6-10H2,1-5H3. The Balaban J connectivity index is 2.41. The molecule has 19 heavy (non-hydrogen) atoms. The second kappa shape index (κ2) is 8.27. The molecule has 0 radical (unpaired) electrons. The van der Waals surface area contributed by atoms with Gasteiger partial charge < -0.3 is 10.2 Å². The van der Waals surface area contributed by atoms with E-state index in [1.807, 2.05) is 4.68 Å². The molecule has 5 heteroatoms. The molecule has 5 nitrogen and oxygen atoms in total. The third-order valence-electron chi connectivity index (χ3n) is 3.27. The van der Waals surface area contributed by atoms with E-state index in [0.717, 1.165) is 38.5 Å². The first-order valence-electron chi connectivity index (χ1n) is 7.39. The van der Waals surface area contributed by atoms with E-state index in [4.69, 9.17) is 0 Å². The summed E-state index contributed by atoms with van der Waals surface area (Å²) in [5, 5.41) is 7.82. The van der Waals surface area contributed by atoms with Crippen LogP contribution in [0, 0.1) is 5.92 Å². The van der Waals surface area contributed by atoms with E-state index in [-0.39, 0.29) is 0 Å². The zero-order valence-electron chi connectivity index (χ0n) is 13.1. The van der Waals surface area contributed by atoms with Gasteiger partial charge in [-0.15, -0.1) is 0 Å². The Bertz CT molecular complexity index is 343. The van der Waals surface area contributed by atoms with Crippen LogP contribution in [0.2, 0.25) is 0 Å². The monoisotopic (exact) mass is 267 g/mol. The van der Waals surface area contributed by atoms with Crippen LogP contribution in [0.4, 0.5) is 0 Å². The molecule has 0 aliphatic rings. The van der Waals surface area contributed by atoms with Crippen molar-refractivity contribution in [3.63, 3.8) is 0 Å². The van der Waals surface area contributed by atoms with Gasteiger partial charge in [-0.1, -0.05) is 27.7 Å². The van der Waals surface area contributed by atoms with Crippen LogP contribution in [0.5, 0.6) is 0 Å². The summed E-state index contributed by atoms with van der Waals surface area (Å²) < 4.78 is 2.00. The lowest BCUT2D eigenvalue weighted by atomic mass is 10.2. The lowest BCUT2D eigenvalue weighted by Crippen LogP contribution is -2.39. The molecule has 0 saturated heterocycles. The average Bonchev–Trinajstić information content (AvgIpc) is 2.80. The van der Waals surface area contributed by atoms with Crippen LogP contribution < -0.4 is 5.32 Å². The molecule has 0 spiro atoms. The van der Waals surface area contributed by atoms with Crippen molar-refractivity contribution in [1.82, 2.24) is 25.0 Å². The van der Waals surface area contributed by atoms with E-state index < -0.39 is 0 Å². The van der Waals surface area contributed by atoms with Gasteiger partial charge in [0.25, 0.3) is 0 Å². The molecule has 110 valence electrons. The van der Waals surface area contributed by atoms with Gasteiger partial charge in [-0.2, -0.15) is 5.10 Å². The number of rotatable bonds is 9. The van der Waals surface area contributed by atoms with E-state index >= 15 is 0 Å². The third kappa shape index (κ3) is 5.70. The van der Waals surface area contributed by atoms with Crippen LogP contribution >= 0.6 is 0 Å². The van der Waals surface area contributed by atoms with Crippen LogP contribution in [-0.4, -0.2) is 45.3 Å². The van der Waals surface area contributed by atoms with E-state index in [2.05, 4.69) is 54.9 Å². The van der Waals surface area contributed by atoms with Crippen molar-refractivity contribution < 1.29 is 0 Å². The number of likely N-dealkylation sites (N-methyl/N-ethyl adjacent to an activating group) is 1. The lowest BCUT2D eigenvalue weighted by Gasteiger charge is -2.23. The topological polar surface area (TPSA) is 46.0 Å². The first kappa shape index (κ1) is 16.1. The fourth-order valence-electron chi connectivity index (χ4n) is 2.12. The van der Waals surface area contributed by atoms with Crippen LogP contribution in [0.1, 0.15) is 40.4 Å². The summed E-state index contributed by atoms with van der Waals surface area (Å²) in [6.07, 6.45) is 1.65. The zero-order chi connectivity index (χ0) is 14.3. The van der Waals surface area contributed by atoms with Crippen molar-refractivity contribution in [1.29, 1.82) is 0 Å². The second-order valence-corrected chi connectivity index (χ2v) is 5.52. The zero-order valence-corrected chi connectivity index (χ0v) is 13.1. The fourth-order valence-corrected chi connectivity index (χ4v) is 2.12. The van der Waals surface area contributed by atoms with Crippen LogP contribution in [0.3, 0.4) is 0 Å². The van der Waals surface area contributed by atoms with Gasteiger partial charge in [0.05, 0.1) is 6.54 Å². The van der Waals surface area contributed by atoms with Gasteiger partial charge in [0.2, 0.25) is 0 Å². The normalized spacial score (nSPS) is 13.4. The van der Waals surface area contributed by atoms with Crippen molar-refractivity contribution >= 4 is 0 Å². The quantitative estimate of drug-likeness (QED) is 0.740. The average molecular weight is 267 g/mol. The molecule has 1 aromatic heterocycles. The summed E-state index contributed by atoms with van der Waals surface area (Å²) in [5.74, 6) is 1.62. The van der Waals surface area contributed by atoms with Crippen LogP contribution in [0.25, 0.3) is 0 Å². The first-order chi connectivity index (χ1) is 9.06.